The zero-order valence-corrected chi connectivity index (χ0v) is 27.6. The number of ether oxygens (including phenoxy) is 2. The average molecular weight is 679 g/mol. The lowest BCUT2D eigenvalue weighted by Gasteiger charge is -2.18. The molecular weight excluding hydrogens is 646 g/mol. The minimum atomic E-state index is -0.780. The maximum Gasteiger partial charge on any atom is 0.435 e. The lowest BCUT2D eigenvalue weighted by atomic mass is 10.1. The van der Waals surface area contributed by atoms with Gasteiger partial charge in [-0.2, -0.15) is 14.9 Å². The molecule has 1 fully saturated rings. The number of aromatic nitrogens is 5. The molecule has 0 unspecified atom stereocenters. The molecule has 6 aromatic rings. The van der Waals surface area contributed by atoms with Gasteiger partial charge >= 0.3 is 6.09 Å². The van der Waals surface area contributed by atoms with E-state index in [1.165, 1.54) is 59.4 Å². The molecule has 3 aromatic carbocycles. The second kappa shape index (κ2) is 12.4. The van der Waals surface area contributed by atoms with Gasteiger partial charge in [0.25, 0.3) is 11.5 Å². The number of fused-ring (bicyclic) bond motifs is 1. The fourth-order valence-electron chi connectivity index (χ4n) is 5.62. The Labute approximate surface area is 284 Å². The number of carbonyl (C=O) groups excluding carboxylic acids is 2. The van der Waals surface area contributed by atoms with E-state index < -0.39 is 34.8 Å². The molecule has 1 aliphatic carbocycles. The molecule has 0 atom stereocenters. The van der Waals surface area contributed by atoms with Crippen LogP contribution < -0.4 is 15.6 Å². The van der Waals surface area contributed by atoms with Crippen LogP contribution in [-0.2, 0) is 11.8 Å². The summed E-state index contributed by atoms with van der Waals surface area (Å²) in [6, 6.07) is 16.1. The van der Waals surface area contributed by atoms with Crippen molar-refractivity contribution in [3.05, 3.63) is 119 Å². The standard InChI is InChI=1S/C37H32F2N6O5/c1-37(2,3)50-36(48)44-20-23(19-41-44)28-17-31-22(18-40-43(31)4)15-33(28)49-32-14-9-25(16-29(32)39)42-34(46)27-12-13-30(21-5-6-21)45(35(27)47)26-10-7-24(38)8-11-26/h7-21H,5-6H2,1-4H3,(H,42,46). The monoisotopic (exact) mass is 678 g/mol. The van der Waals surface area contributed by atoms with Crippen LogP contribution in [0.15, 0.2) is 90.1 Å². The average Bonchev–Trinajstić information content (AvgIpc) is 3.68. The quantitative estimate of drug-likeness (QED) is 0.185. The third kappa shape index (κ3) is 6.49. The highest BCUT2D eigenvalue weighted by Crippen LogP contribution is 2.41. The predicted molar refractivity (Wildman–Crippen MR) is 182 cm³/mol. The second-order valence-corrected chi connectivity index (χ2v) is 13.1. The normalized spacial score (nSPS) is 13.0. The molecule has 254 valence electrons. The third-order valence-electron chi connectivity index (χ3n) is 8.17. The number of benzene rings is 3. The Balaban J connectivity index is 1.16. The van der Waals surface area contributed by atoms with Gasteiger partial charge in [0.1, 0.15) is 22.7 Å². The Morgan fingerprint density at radius 1 is 0.920 bits per heavy atom. The number of hydrogen-bond donors (Lipinski definition) is 1. The van der Waals surface area contributed by atoms with E-state index in [9.17, 15) is 18.8 Å². The van der Waals surface area contributed by atoms with Gasteiger partial charge in [-0.15, -0.1) is 0 Å². The van der Waals surface area contributed by atoms with E-state index in [-0.39, 0.29) is 28.7 Å². The zero-order chi connectivity index (χ0) is 35.3. The molecule has 0 saturated heterocycles. The van der Waals surface area contributed by atoms with Crippen molar-refractivity contribution in [1.82, 2.24) is 24.1 Å². The molecule has 1 aliphatic rings. The maximum atomic E-state index is 15.6. The number of carbonyl (C=O) groups is 2. The first-order chi connectivity index (χ1) is 23.8. The molecule has 11 nitrogen and oxygen atoms in total. The van der Waals surface area contributed by atoms with E-state index in [0.717, 1.165) is 40.2 Å². The summed E-state index contributed by atoms with van der Waals surface area (Å²) in [4.78, 5) is 39.5. The Hall–Kier alpha value is -6.11. The molecule has 0 radical (unpaired) electrons. The van der Waals surface area contributed by atoms with Gasteiger partial charge in [-0.3, -0.25) is 18.8 Å². The Kier molecular flexibility index (Phi) is 8.05. The number of pyridine rings is 1. The molecule has 1 N–H and O–H groups in total. The van der Waals surface area contributed by atoms with Crippen LogP contribution in [0.2, 0.25) is 0 Å². The fraction of sp³-hybridized carbons (Fsp3) is 0.216. The van der Waals surface area contributed by atoms with Gasteiger partial charge in [0.15, 0.2) is 11.6 Å². The summed E-state index contributed by atoms with van der Waals surface area (Å²) in [5.41, 5.74) is 1.64. The Bertz CT molecular complexity index is 2350. The van der Waals surface area contributed by atoms with Crippen molar-refractivity contribution >= 4 is 28.6 Å². The van der Waals surface area contributed by atoms with Crippen molar-refractivity contribution in [2.24, 2.45) is 7.05 Å². The summed E-state index contributed by atoms with van der Waals surface area (Å²) >= 11 is 0. The van der Waals surface area contributed by atoms with E-state index in [2.05, 4.69) is 15.5 Å². The van der Waals surface area contributed by atoms with E-state index in [1.807, 2.05) is 0 Å². The van der Waals surface area contributed by atoms with Gasteiger partial charge in [0, 0.05) is 52.9 Å². The molecule has 13 heteroatoms. The summed E-state index contributed by atoms with van der Waals surface area (Å²) in [5.74, 6) is -1.65. The molecule has 50 heavy (non-hydrogen) atoms. The van der Waals surface area contributed by atoms with Crippen molar-refractivity contribution in [1.29, 1.82) is 0 Å². The first kappa shape index (κ1) is 32.4. The van der Waals surface area contributed by atoms with Gasteiger partial charge in [-0.05, 0) is 100 Å². The van der Waals surface area contributed by atoms with Gasteiger partial charge in [0.2, 0.25) is 0 Å². The van der Waals surface area contributed by atoms with Crippen LogP contribution in [0.25, 0.3) is 27.7 Å². The smallest absolute Gasteiger partial charge is 0.435 e. The maximum absolute atomic E-state index is 15.6. The minimum absolute atomic E-state index is 0.0976. The van der Waals surface area contributed by atoms with Crippen molar-refractivity contribution in [2.45, 2.75) is 45.1 Å². The van der Waals surface area contributed by atoms with Crippen LogP contribution >= 0.6 is 0 Å². The number of amides is 1. The van der Waals surface area contributed by atoms with Crippen molar-refractivity contribution < 1.29 is 27.8 Å². The fourth-order valence-corrected chi connectivity index (χ4v) is 5.62. The lowest BCUT2D eigenvalue weighted by Crippen LogP contribution is -2.30. The number of halogens is 2. The molecule has 0 spiro atoms. The van der Waals surface area contributed by atoms with Crippen LogP contribution in [-0.4, -0.2) is 41.7 Å². The summed E-state index contributed by atoms with van der Waals surface area (Å²) < 4.78 is 44.9. The van der Waals surface area contributed by atoms with Gasteiger partial charge in [-0.25, -0.2) is 13.6 Å². The van der Waals surface area contributed by atoms with Crippen LogP contribution in [0.4, 0.5) is 19.3 Å². The SMILES string of the molecule is Cn1ncc2cc(Oc3ccc(NC(=O)c4ccc(C5CC5)n(-c5ccc(F)cc5)c4=O)cc3F)c(-c3cnn(C(=O)OC(C)(C)C)c3)cc21. The topological polar surface area (TPSA) is 122 Å². The number of nitrogens with zero attached hydrogens (tertiary/aromatic N) is 5. The highest BCUT2D eigenvalue weighted by atomic mass is 19.1. The number of anilines is 1. The highest BCUT2D eigenvalue weighted by molar-refractivity contribution is 6.04. The molecule has 0 aliphatic heterocycles. The van der Waals surface area contributed by atoms with Gasteiger partial charge < -0.3 is 14.8 Å². The van der Waals surface area contributed by atoms with Crippen molar-refractivity contribution in [2.75, 3.05) is 5.32 Å². The van der Waals surface area contributed by atoms with E-state index in [1.54, 1.807) is 56.9 Å². The molecule has 0 bridgehead atoms. The van der Waals surface area contributed by atoms with E-state index >= 15 is 4.39 Å². The van der Waals surface area contributed by atoms with Crippen LogP contribution in [0.5, 0.6) is 11.5 Å². The van der Waals surface area contributed by atoms with Crippen LogP contribution in [0.3, 0.4) is 0 Å². The largest absolute Gasteiger partial charge is 0.454 e. The van der Waals surface area contributed by atoms with Crippen molar-refractivity contribution in [3.63, 3.8) is 0 Å². The first-order valence-corrected chi connectivity index (χ1v) is 15.9. The predicted octanol–water partition coefficient (Wildman–Crippen LogP) is 7.57. The van der Waals surface area contributed by atoms with E-state index in [0.29, 0.717) is 16.8 Å². The summed E-state index contributed by atoms with van der Waals surface area (Å²) in [7, 11) is 1.78. The number of rotatable bonds is 7. The molecule has 1 saturated carbocycles. The Morgan fingerprint density at radius 2 is 1.68 bits per heavy atom. The third-order valence-corrected chi connectivity index (χ3v) is 8.17. The van der Waals surface area contributed by atoms with Gasteiger partial charge in [-0.1, -0.05) is 0 Å². The number of hydrogen-bond acceptors (Lipinski definition) is 7. The summed E-state index contributed by atoms with van der Waals surface area (Å²) in [6.45, 7) is 5.25. The van der Waals surface area contributed by atoms with Gasteiger partial charge in [0.05, 0.1) is 17.9 Å². The minimum Gasteiger partial charge on any atom is -0.454 e. The summed E-state index contributed by atoms with van der Waals surface area (Å²) in [6.07, 6.45) is 5.77. The zero-order valence-electron chi connectivity index (χ0n) is 27.6. The first-order valence-electron chi connectivity index (χ1n) is 15.9. The Morgan fingerprint density at radius 3 is 2.38 bits per heavy atom. The van der Waals surface area contributed by atoms with Crippen LogP contribution in [0.1, 0.15) is 55.6 Å². The second-order valence-electron chi connectivity index (χ2n) is 13.1. The molecule has 3 aromatic heterocycles. The molecular formula is C37H32F2N6O5. The highest BCUT2D eigenvalue weighted by Gasteiger charge is 2.29. The van der Waals surface area contributed by atoms with Crippen molar-refractivity contribution in [3.8, 4) is 28.3 Å². The molecule has 3 heterocycles. The molecule has 7 rings (SSSR count). The molecule has 1 amide bonds. The number of aryl methyl sites for hydroxylation is 1. The lowest BCUT2D eigenvalue weighted by molar-refractivity contribution is 0.0514. The summed E-state index contributed by atoms with van der Waals surface area (Å²) in [5, 5.41) is 11.8. The van der Waals surface area contributed by atoms with Crippen LogP contribution in [0, 0.1) is 11.6 Å². The number of nitrogens with one attached hydrogen (secondary N) is 1. The van der Waals surface area contributed by atoms with E-state index in [4.69, 9.17) is 9.47 Å².